The van der Waals surface area contributed by atoms with Crippen LogP contribution in [0.25, 0.3) is 10.8 Å². The molecule has 3 heterocycles. The molecule has 0 spiro atoms. The van der Waals surface area contributed by atoms with Gasteiger partial charge in [0.25, 0.3) is 0 Å². The van der Waals surface area contributed by atoms with Gasteiger partial charge in [0.1, 0.15) is 0 Å². The number of amides is 2. The Labute approximate surface area is 167 Å². The molecule has 1 aromatic carbocycles. The average Bonchev–Trinajstić information content (AvgIpc) is 3.09. The Bertz CT molecular complexity index is 789. The van der Waals surface area contributed by atoms with Crippen molar-refractivity contribution < 1.29 is 9.90 Å². The number of benzene rings is 1. The second kappa shape index (κ2) is 8.86. The summed E-state index contributed by atoms with van der Waals surface area (Å²) in [6.45, 7) is 5.72. The van der Waals surface area contributed by atoms with Gasteiger partial charge in [-0.2, -0.15) is 0 Å². The zero-order chi connectivity index (χ0) is 19.3. The van der Waals surface area contributed by atoms with Gasteiger partial charge in [0.15, 0.2) is 5.88 Å². The molecule has 2 aliphatic heterocycles. The highest BCUT2D eigenvalue weighted by atomic mass is 16.3. The first kappa shape index (κ1) is 19.1. The molecule has 6 heteroatoms. The Morgan fingerprint density at radius 1 is 1.07 bits per heavy atom. The number of aromatic nitrogens is 1. The number of likely N-dealkylation sites (tertiary alicyclic amines) is 2. The van der Waals surface area contributed by atoms with Gasteiger partial charge in [-0.05, 0) is 57.8 Å². The van der Waals surface area contributed by atoms with E-state index in [0.717, 1.165) is 56.2 Å². The van der Waals surface area contributed by atoms with Gasteiger partial charge in [-0.15, -0.1) is 0 Å². The number of urea groups is 1. The predicted octanol–water partition coefficient (Wildman–Crippen LogP) is 3.57. The summed E-state index contributed by atoms with van der Waals surface area (Å²) >= 11 is 0. The Balaban J connectivity index is 1.22. The normalized spacial score (nSPS) is 19.2. The zero-order valence-electron chi connectivity index (χ0n) is 16.6. The molecule has 6 nitrogen and oxygen atoms in total. The third kappa shape index (κ3) is 4.27. The number of hydrogen-bond acceptors (Lipinski definition) is 3. The van der Waals surface area contributed by atoms with E-state index in [-0.39, 0.29) is 12.1 Å². The number of hydrogen-bond donors (Lipinski definition) is 2. The van der Waals surface area contributed by atoms with Gasteiger partial charge >= 0.3 is 6.03 Å². The first-order chi connectivity index (χ1) is 13.7. The molecule has 4 rings (SSSR count). The molecule has 2 saturated heterocycles. The highest BCUT2D eigenvalue weighted by molar-refractivity contribution is 5.87. The quantitative estimate of drug-likeness (QED) is 0.775. The summed E-state index contributed by atoms with van der Waals surface area (Å²) in [4.78, 5) is 16.9. The fourth-order valence-corrected chi connectivity index (χ4v) is 4.58. The molecule has 0 bridgehead atoms. The number of nitrogens with one attached hydrogen (secondary N) is 1. The monoisotopic (exact) mass is 384 g/mol. The largest absolute Gasteiger partial charge is 0.494 e. The van der Waals surface area contributed by atoms with E-state index in [1.807, 2.05) is 39.9 Å². The van der Waals surface area contributed by atoms with E-state index in [9.17, 15) is 9.90 Å². The topological polar surface area (TPSA) is 60.7 Å². The maximum atomic E-state index is 12.4. The van der Waals surface area contributed by atoms with Crippen LogP contribution in [0.5, 0.6) is 5.88 Å². The van der Waals surface area contributed by atoms with Crippen molar-refractivity contribution in [1.82, 2.24) is 19.7 Å². The van der Waals surface area contributed by atoms with Crippen LogP contribution in [0.4, 0.5) is 4.79 Å². The minimum Gasteiger partial charge on any atom is -0.494 e. The van der Waals surface area contributed by atoms with Crippen molar-refractivity contribution in [3.05, 3.63) is 30.5 Å². The molecule has 0 atom stereocenters. The van der Waals surface area contributed by atoms with Crippen molar-refractivity contribution in [2.24, 2.45) is 0 Å². The molecular weight excluding hydrogens is 352 g/mol. The molecule has 0 aliphatic carbocycles. The molecule has 0 saturated carbocycles. The fraction of sp³-hybridized carbons (Fsp3) is 0.591. The molecule has 152 valence electrons. The van der Waals surface area contributed by atoms with Crippen molar-refractivity contribution in [1.29, 1.82) is 0 Å². The highest BCUT2D eigenvalue weighted by Crippen LogP contribution is 2.33. The van der Waals surface area contributed by atoms with Crippen LogP contribution in [0, 0.1) is 0 Å². The maximum Gasteiger partial charge on any atom is 0.317 e. The van der Waals surface area contributed by atoms with E-state index in [1.165, 1.54) is 32.4 Å². The zero-order valence-corrected chi connectivity index (χ0v) is 16.6. The highest BCUT2D eigenvalue weighted by Gasteiger charge is 2.25. The third-order valence-corrected chi connectivity index (χ3v) is 6.25. The molecule has 2 fully saturated rings. The van der Waals surface area contributed by atoms with Crippen molar-refractivity contribution in [3.8, 4) is 5.88 Å². The molecule has 28 heavy (non-hydrogen) atoms. The lowest BCUT2D eigenvalue weighted by atomic mass is 10.1. The number of carbonyl (C=O) groups excluding carboxylic acids is 1. The van der Waals surface area contributed by atoms with E-state index in [1.54, 1.807) is 0 Å². The van der Waals surface area contributed by atoms with Crippen molar-refractivity contribution in [2.45, 2.75) is 44.6 Å². The summed E-state index contributed by atoms with van der Waals surface area (Å²) in [5, 5.41) is 15.6. The standard InChI is InChI=1S/C22H32N4O2/c27-21-20-8-3-2-7-18(20)17-26(21)19-9-15-25(16-10-19)22(28)23-11-6-14-24-12-4-1-5-13-24/h2-3,7-8,17,19,27H,1,4-6,9-16H2,(H,23,28). The van der Waals surface area contributed by atoms with E-state index in [2.05, 4.69) is 10.2 Å². The summed E-state index contributed by atoms with van der Waals surface area (Å²) in [6, 6.07) is 8.22. The average molecular weight is 385 g/mol. The van der Waals surface area contributed by atoms with E-state index in [0.29, 0.717) is 5.88 Å². The van der Waals surface area contributed by atoms with Gasteiger partial charge in [-0.1, -0.05) is 24.6 Å². The molecular formula is C22H32N4O2. The predicted molar refractivity (Wildman–Crippen MR) is 112 cm³/mol. The van der Waals surface area contributed by atoms with Crippen molar-refractivity contribution >= 4 is 16.8 Å². The Morgan fingerprint density at radius 2 is 1.82 bits per heavy atom. The number of aromatic hydroxyl groups is 1. The second-order valence-corrected chi connectivity index (χ2v) is 8.15. The lowest BCUT2D eigenvalue weighted by Crippen LogP contribution is -2.45. The number of carbonyl (C=O) groups is 1. The number of piperidine rings is 2. The summed E-state index contributed by atoms with van der Waals surface area (Å²) in [5.41, 5.74) is 0. The lowest BCUT2D eigenvalue weighted by Gasteiger charge is -2.33. The van der Waals surface area contributed by atoms with E-state index < -0.39 is 0 Å². The molecule has 2 aromatic rings. The number of rotatable bonds is 5. The molecule has 2 amide bonds. The van der Waals surface area contributed by atoms with Crippen LogP contribution in [-0.2, 0) is 0 Å². The van der Waals surface area contributed by atoms with Gasteiger partial charge in [-0.25, -0.2) is 4.79 Å². The summed E-state index contributed by atoms with van der Waals surface area (Å²) in [5.74, 6) is 0.344. The van der Waals surface area contributed by atoms with Gasteiger partial charge < -0.3 is 24.8 Å². The van der Waals surface area contributed by atoms with Crippen molar-refractivity contribution in [3.63, 3.8) is 0 Å². The Hall–Kier alpha value is -2.21. The summed E-state index contributed by atoms with van der Waals surface area (Å²) in [7, 11) is 0. The third-order valence-electron chi connectivity index (χ3n) is 6.25. The van der Waals surface area contributed by atoms with Crippen LogP contribution in [0.2, 0.25) is 0 Å². The van der Waals surface area contributed by atoms with Crippen LogP contribution in [-0.4, -0.2) is 64.8 Å². The van der Waals surface area contributed by atoms with Crippen LogP contribution in [0.3, 0.4) is 0 Å². The summed E-state index contributed by atoms with van der Waals surface area (Å²) in [6.07, 6.45) is 8.78. The van der Waals surface area contributed by atoms with E-state index in [4.69, 9.17) is 0 Å². The smallest absolute Gasteiger partial charge is 0.317 e. The lowest BCUT2D eigenvalue weighted by molar-refractivity contribution is 0.168. The van der Waals surface area contributed by atoms with Gasteiger partial charge in [0.2, 0.25) is 0 Å². The van der Waals surface area contributed by atoms with Gasteiger partial charge in [0.05, 0.1) is 0 Å². The molecule has 0 radical (unpaired) electrons. The Morgan fingerprint density at radius 3 is 2.57 bits per heavy atom. The number of nitrogens with zero attached hydrogens (tertiary/aromatic N) is 3. The first-order valence-corrected chi connectivity index (χ1v) is 10.8. The summed E-state index contributed by atoms with van der Waals surface area (Å²) < 4.78 is 1.98. The van der Waals surface area contributed by atoms with Crippen LogP contribution >= 0.6 is 0 Å². The fourth-order valence-electron chi connectivity index (χ4n) is 4.58. The van der Waals surface area contributed by atoms with E-state index >= 15 is 0 Å². The molecule has 1 aromatic heterocycles. The second-order valence-electron chi connectivity index (χ2n) is 8.15. The number of fused-ring (bicyclic) bond motifs is 1. The van der Waals surface area contributed by atoms with Crippen molar-refractivity contribution in [2.75, 3.05) is 39.3 Å². The van der Waals surface area contributed by atoms with Crippen LogP contribution in [0.1, 0.15) is 44.6 Å². The molecule has 0 unspecified atom stereocenters. The minimum absolute atomic E-state index is 0.0546. The van der Waals surface area contributed by atoms with Crippen LogP contribution in [0.15, 0.2) is 30.5 Å². The maximum absolute atomic E-state index is 12.4. The Kier molecular flexibility index (Phi) is 6.05. The van der Waals surface area contributed by atoms with Gasteiger partial charge in [-0.3, -0.25) is 0 Å². The minimum atomic E-state index is 0.0546. The molecule has 2 aliphatic rings. The molecule has 2 N–H and O–H groups in total. The van der Waals surface area contributed by atoms with Crippen LogP contribution < -0.4 is 5.32 Å². The van der Waals surface area contributed by atoms with Gasteiger partial charge in [0, 0.05) is 42.6 Å². The first-order valence-electron chi connectivity index (χ1n) is 10.8. The SMILES string of the molecule is O=C(NCCCN1CCCCC1)N1CCC(n2cc3ccccc3c2O)CC1.